The first-order valence-electron chi connectivity index (χ1n) is 5.97. The molecule has 1 aliphatic carbocycles. The van der Waals surface area contributed by atoms with Gasteiger partial charge in [0.05, 0.1) is 5.69 Å². The van der Waals surface area contributed by atoms with Gasteiger partial charge in [0.15, 0.2) is 5.76 Å². The third-order valence-corrected chi connectivity index (χ3v) is 2.83. The Hall–Kier alpha value is -1.46. The summed E-state index contributed by atoms with van der Waals surface area (Å²) in [5.41, 5.74) is 0.0855. The summed E-state index contributed by atoms with van der Waals surface area (Å²) in [6.07, 6.45) is 1.10. The first kappa shape index (κ1) is 13.0. The van der Waals surface area contributed by atoms with Crippen molar-refractivity contribution < 1.29 is 14.1 Å². The highest BCUT2D eigenvalue weighted by Gasteiger charge is 2.50. The van der Waals surface area contributed by atoms with E-state index in [0.717, 1.165) is 12.8 Å². The molecule has 5 nitrogen and oxygen atoms in total. The maximum Gasteiger partial charge on any atom is 0.408 e. The van der Waals surface area contributed by atoms with Crippen LogP contribution in [0.2, 0.25) is 0 Å². The van der Waals surface area contributed by atoms with Crippen LogP contribution < -0.4 is 10.8 Å². The van der Waals surface area contributed by atoms with Crippen molar-refractivity contribution in [3.8, 4) is 0 Å². The molecule has 0 aromatic carbocycles. The van der Waals surface area contributed by atoms with E-state index in [9.17, 15) is 4.79 Å². The fourth-order valence-corrected chi connectivity index (χ4v) is 1.75. The predicted molar refractivity (Wildman–Crippen MR) is 66.9 cm³/mol. The third-order valence-electron chi connectivity index (χ3n) is 2.83. The molecule has 1 aromatic heterocycles. The van der Waals surface area contributed by atoms with Crippen LogP contribution in [0.5, 0.6) is 0 Å². The standard InChI is InChI=1S/C12H17BN2O3/c1-7-8(13)9(18-15-7)12(5-6-12)14-10(16)17-11(2,3)4/h5-6H2,1-4H3,(H,14,16). The molecule has 2 radical (unpaired) electrons. The van der Waals surface area contributed by atoms with Gasteiger partial charge in [-0.2, -0.15) is 0 Å². The molecule has 0 bridgehead atoms. The van der Waals surface area contributed by atoms with Crippen molar-refractivity contribution in [2.75, 3.05) is 0 Å². The van der Waals surface area contributed by atoms with Crippen LogP contribution in [0.3, 0.4) is 0 Å². The number of rotatable bonds is 2. The van der Waals surface area contributed by atoms with Crippen molar-refractivity contribution >= 4 is 19.4 Å². The van der Waals surface area contributed by atoms with E-state index in [1.165, 1.54) is 0 Å². The van der Waals surface area contributed by atoms with Crippen molar-refractivity contribution in [2.45, 2.75) is 51.7 Å². The lowest BCUT2D eigenvalue weighted by Gasteiger charge is -2.22. The van der Waals surface area contributed by atoms with E-state index in [-0.39, 0.29) is 0 Å². The molecule has 1 aromatic rings. The Morgan fingerprint density at radius 3 is 2.50 bits per heavy atom. The van der Waals surface area contributed by atoms with Gasteiger partial charge in [-0.25, -0.2) is 4.79 Å². The topological polar surface area (TPSA) is 64.4 Å². The summed E-state index contributed by atoms with van der Waals surface area (Å²) in [6.45, 7) is 7.23. The Morgan fingerprint density at radius 2 is 2.11 bits per heavy atom. The molecule has 0 atom stereocenters. The zero-order valence-electron chi connectivity index (χ0n) is 11.2. The molecule has 96 valence electrons. The van der Waals surface area contributed by atoms with Gasteiger partial charge >= 0.3 is 6.09 Å². The molecule has 1 saturated carbocycles. The lowest BCUT2D eigenvalue weighted by Crippen LogP contribution is -2.40. The summed E-state index contributed by atoms with van der Waals surface area (Å²) in [4.78, 5) is 11.8. The summed E-state index contributed by atoms with van der Waals surface area (Å²) in [6, 6.07) is 0. The number of nitrogens with one attached hydrogen (secondary N) is 1. The molecule has 6 heteroatoms. The maximum atomic E-state index is 11.8. The van der Waals surface area contributed by atoms with Crippen molar-refractivity contribution in [2.24, 2.45) is 0 Å². The monoisotopic (exact) mass is 248 g/mol. The van der Waals surface area contributed by atoms with Gasteiger partial charge in [-0.15, -0.1) is 0 Å². The van der Waals surface area contributed by atoms with Crippen LogP contribution >= 0.6 is 0 Å². The number of ether oxygens (including phenoxy) is 1. The predicted octanol–water partition coefficient (Wildman–Crippen LogP) is 1.29. The first-order chi connectivity index (χ1) is 8.23. The molecule has 0 saturated heterocycles. The summed E-state index contributed by atoms with van der Waals surface area (Å²) >= 11 is 0. The van der Waals surface area contributed by atoms with Gasteiger partial charge in [-0.1, -0.05) is 5.16 Å². The SMILES string of the molecule is [B]c1c(C)noc1C1(NC(=O)OC(C)(C)C)CC1. The van der Waals surface area contributed by atoms with Crippen molar-refractivity contribution in [1.29, 1.82) is 0 Å². The zero-order chi connectivity index (χ0) is 13.6. The Labute approximate surface area is 108 Å². The highest BCUT2D eigenvalue weighted by Crippen LogP contribution is 2.45. The molecule has 18 heavy (non-hydrogen) atoms. The van der Waals surface area contributed by atoms with Crippen LogP contribution in [0.4, 0.5) is 4.79 Å². The molecule has 1 N–H and O–H groups in total. The van der Waals surface area contributed by atoms with Crippen LogP contribution in [0.1, 0.15) is 45.1 Å². The van der Waals surface area contributed by atoms with Crippen molar-refractivity contribution in [1.82, 2.24) is 10.5 Å². The normalized spacial score (nSPS) is 17.3. The molecule has 0 aliphatic heterocycles. The fraction of sp³-hybridized carbons (Fsp3) is 0.667. The number of amides is 1. The minimum Gasteiger partial charge on any atom is -0.444 e. The number of hydrogen-bond acceptors (Lipinski definition) is 4. The van der Waals surface area contributed by atoms with Gasteiger partial charge in [0, 0.05) is 0 Å². The Morgan fingerprint density at radius 1 is 1.50 bits per heavy atom. The molecule has 1 heterocycles. The van der Waals surface area contributed by atoms with Gasteiger partial charge in [0.2, 0.25) is 0 Å². The minimum absolute atomic E-state index is 0.464. The largest absolute Gasteiger partial charge is 0.444 e. The van der Waals surface area contributed by atoms with Crippen molar-refractivity contribution in [3.05, 3.63) is 11.5 Å². The van der Waals surface area contributed by atoms with Gasteiger partial charge in [-0.05, 0) is 46.0 Å². The van der Waals surface area contributed by atoms with E-state index in [1.54, 1.807) is 6.92 Å². The van der Waals surface area contributed by atoms with Gasteiger partial charge in [0.25, 0.3) is 0 Å². The summed E-state index contributed by atoms with van der Waals surface area (Å²) < 4.78 is 10.4. The smallest absolute Gasteiger partial charge is 0.408 e. The van der Waals surface area contributed by atoms with Gasteiger partial charge < -0.3 is 14.6 Å². The number of hydrogen-bond donors (Lipinski definition) is 1. The highest BCUT2D eigenvalue weighted by molar-refractivity contribution is 6.34. The molecule has 1 aliphatic rings. The molecular weight excluding hydrogens is 231 g/mol. The quantitative estimate of drug-likeness (QED) is 0.801. The molecule has 2 rings (SSSR count). The molecule has 0 unspecified atom stereocenters. The Bertz CT molecular complexity index is 472. The van der Waals surface area contributed by atoms with E-state index in [4.69, 9.17) is 17.1 Å². The van der Waals surface area contributed by atoms with Crippen LogP contribution in [0, 0.1) is 6.92 Å². The molecule has 1 amide bonds. The average Bonchev–Trinajstić information content (AvgIpc) is 2.87. The van der Waals surface area contributed by atoms with Crippen molar-refractivity contribution in [3.63, 3.8) is 0 Å². The third kappa shape index (κ3) is 2.52. The zero-order valence-corrected chi connectivity index (χ0v) is 11.2. The van der Waals surface area contributed by atoms with Crippen LogP contribution in [0.15, 0.2) is 4.52 Å². The second-order valence-electron chi connectivity index (χ2n) is 5.72. The molecule has 1 fully saturated rings. The van der Waals surface area contributed by atoms with Gasteiger partial charge in [0.1, 0.15) is 19.0 Å². The molecular formula is C12H17BN2O3. The summed E-state index contributed by atoms with van der Waals surface area (Å²) in [5.74, 6) is 0.533. The number of carbonyl (C=O) groups is 1. The number of carbonyl (C=O) groups excluding carboxylic acids is 1. The Balaban J connectivity index is 2.10. The van der Waals surface area contributed by atoms with E-state index in [0.29, 0.717) is 16.9 Å². The minimum atomic E-state index is -0.534. The average molecular weight is 248 g/mol. The second-order valence-corrected chi connectivity index (χ2v) is 5.72. The number of nitrogens with zero attached hydrogens (tertiary/aromatic N) is 1. The fourth-order valence-electron chi connectivity index (χ4n) is 1.75. The first-order valence-corrected chi connectivity index (χ1v) is 5.97. The number of aryl methyl sites for hydroxylation is 1. The van der Waals surface area contributed by atoms with E-state index < -0.39 is 17.2 Å². The number of aromatic nitrogens is 1. The van der Waals surface area contributed by atoms with E-state index in [1.807, 2.05) is 20.8 Å². The molecule has 0 spiro atoms. The van der Waals surface area contributed by atoms with Crippen LogP contribution in [0.25, 0.3) is 0 Å². The number of alkyl carbamates (subject to hydrolysis) is 1. The highest BCUT2D eigenvalue weighted by atomic mass is 16.6. The van der Waals surface area contributed by atoms with E-state index >= 15 is 0 Å². The van der Waals surface area contributed by atoms with Gasteiger partial charge in [-0.3, -0.25) is 0 Å². The lowest BCUT2D eigenvalue weighted by atomic mass is 9.90. The Kier molecular flexibility index (Phi) is 2.91. The van der Waals surface area contributed by atoms with Crippen LogP contribution in [-0.2, 0) is 10.3 Å². The second kappa shape index (κ2) is 4.04. The summed E-state index contributed by atoms with van der Waals surface area (Å²) in [5, 5.41) is 6.63. The van der Waals surface area contributed by atoms with E-state index in [2.05, 4.69) is 10.5 Å². The lowest BCUT2D eigenvalue weighted by molar-refractivity contribution is 0.0486. The summed E-state index contributed by atoms with van der Waals surface area (Å²) in [7, 11) is 5.88. The maximum absolute atomic E-state index is 11.8. The van der Waals surface area contributed by atoms with Crippen LogP contribution in [-0.4, -0.2) is 24.7 Å².